The van der Waals surface area contributed by atoms with E-state index >= 15 is 0 Å². The van der Waals surface area contributed by atoms with Gasteiger partial charge >= 0.3 is 12.1 Å². The molecule has 18 heavy (non-hydrogen) atoms. The van der Waals surface area contributed by atoms with E-state index in [0.717, 1.165) is 6.07 Å². The monoisotopic (exact) mass is 258 g/mol. The predicted octanol–water partition coefficient (Wildman–Crippen LogP) is 2.46. The molecule has 0 saturated carbocycles. The van der Waals surface area contributed by atoms with Crippen LogP contribution in [0.3, 0.4) is 0 Å². The largest absolute Gasteiger partial charge is 0.492 e. The van der Waals surface area contributed by atoms with E-state index in [1.54, 1.807) is 18.3 Å². The highest BCUT2D eigenvalue weighted by molar-refractivity contribution is 5.95. The number of carbonyl (C=O) groups excluding carboxylic acids is 1. The highest BCUT2D eigenvalue weighted by Crippen LogP contribution is 2.24. The molecule has 1 N–H and O–H groups in total. The number of carbonyl (C=O) groups is 1. The topological polar surface area (TPSA) is 62.1 Å². The van der Waals surface area contributed by atoms with Crippen molar-refractivity contribution in [3.8, 4) is 11.8 Å². The van der Waals surface area contributed by atoms with Crippen LogP contribution in [0.5, 0.6) is 5.75 Å². The number of anilines is 1. The third kappa shape index (κ3) is 3.38. The molecule has 0 bridgehead atoms. The molecule has 96 valence electrons. The summed E-state index contributed by atoms with van der Waals surface area (Å²) in [5.74, 6) is -1.83. The average molecular weight is 258 g/mol. The van der Waals surface area contributed by atoms with Gasteiger partial charge in [0.2, 0.25) is 0 Å². The van der Waals surface area contributed by atoms with E-state index in [1.165, 1.54) is 12.1 Å². The van der Waals surface area contributed by atoms with Gasteiger partial charge in [-0.25, -0.2) is 0 Å². The van der Waals surface area contributed by atoms with Crippen molar-refractivity contribution in [2.75, 3.05) is 11.9 Å². The standard InChI is InChI=1S/C11H9F3N2O2/c1-2-18-9-4-3-8(5-7(9)6-15)16-10(17)11(12,13)14/h3-5H,2H2,1H3,(H,16,17). The van der Waals surface area contributed by atoms with Gasteiger partial charge in [-0.3, -0.25) is 4.79 Å². The SMILES string of the molecule is CCOc1ccc(NC(=O)C(F)(F)F)cc1C#N. The number of amides is 1. The minimum Gasteiger partial charge on any atom is -0.492 e. The van der Waals surface area contributed by atoms with Crippen LogP contribution in [0.2, 0.25) is 0 Å². The van der Waals surface area contributed by atoms with Gasteiger partial charge in [0.25, 0.3) is 0 Å². The van der Waals surface area contributed by atoms with Crippen molar-refractivity contribution in [2.45, 2.75) is 13.1 Å². The molecule has 0 aliphatic carbocycles. The Balaban J connectivity index is 2.94. The Hall–Kier alpha value is -2.23. The number of rotatable bonds is 3. The van der Waals surface area contributed by atoms with Gasteiger partial charge in [0.1, 0.15) is 11.8 Å². The molecule has 7 heteroatoms. The molecular weight excluding hydrogens is 249 g/mol. The average Bonchev–Trinajstić information content (AvgIpc) is 2.30. The van der Waals surface area contributed by atoms with Crippen molar-refractivity contribution in [2.24, 2.45) is 0 Å². The maximum Gasteiger partial charge on any atom is 0.471 e. The minimum atomic E-state index is -4.97. The van der Waals surface area contributed by atoms with Crippen molar-refractivity contribution < 1.29 is 22.7 Å². The lowest BCUT2D eigenvalue weighted by atomic mass is 10.2. The lowest BCUT2D eigenvalue weighted by molar-refractivity contribution is -0.167. The molecule has 0 aliphatic rings. The van der Waals surface area contributed by atoms with Crippen molar-refractivity contribution >= 4 is 11.6 Å². The third-order valence-corrected chi connectivity index (χ3v) is 1.92. The Morgan fingerprint density at radius 2 is 2.17 bits per heavy atom. The molecule has 4 nitrogen and oxygen atoms in total. The molecule has 0 heterocycles. The van der Waals surface area contributed by atoms with Crippen LogP contribution < -0.4 is 10.1 Å². The molecule has 0 unspecified atom stereocenters. The second-order valence-corrected chi connectivity index (χ2v) is 3.21. The molecule has 1 amide bonds. The van der Waals surface area contributed by atoms with Crippen LogP contribution in [0.25, 0.3) is 0 Å². The van der Waals surface area contributed by atoms with Crippen LogP contribution in [0.1, 0.15) is 12.5 Å². The maximum absolute atomic E-state index is 12.0. The van der Waals surface area contributed by atoms with Gasteiger partial charge in [0.15, 0.2) is 0 Å². The Morgan fingerprint density at radius 3 is 2.67 bits per heavy atom. The van der Waals surface area contributed by atoms with Gasteiger partial charge in [0.05, 0.1) is 12.2 Å². The first kappa shape index (κ1) is 13.8. The first-order chi connectivity index (χ1) is 8.38. The number of nitrogens with zero attached hydrogens (tertiary/aromatic N) is 1. The zero-order valence-corrected chi connectivity index (χ0v) is 9.34. The highest BCUT2D eigenvalue weighted by Gasteiger charge is 2.38. The molecule has 0 aromatic heterocycles. The van der Waals surface area contributed by atoms with Gasteiger partial charge in [-0.15, -0.1) is 0 Å². The van der Waals surface area contributed by atoms with E-state index in [9.17, 15) is 18.0 Å². The summed E-state index contributed by atoms with van der Waals surface area (Å²) in [5, 5.41) is 10.5. The molecule has 1 aromatic rings. The summed E-state index contributed by atoms with van der Waals surface area (Å²) in [6.07, 6.45) is -4.97. The van der Waals surface area contributed by atoms with Crippen LogP contribution >= 0.6 is 0 Å². The molecular formula is C11H9F3N2O2. The summed E-state index contributed by atoms with van der Waals surface area (Å²) in [5.41, 5.74) is -0.0610. The summed E-state index contributed by atoms with van der Waals surface area (Å²) >= 11 is 0. The quantitative estimate of drug-likeness (QED) is 0.905. The van der Waals surface area contributed by atoms with E-state index in [0.29, 0.717) is 6.61 Å². The fourth-order valence-corrected chi connectivity index (χ4v) is 1.18. The van der Waals surface area contributed by atoms with Crippen molar-refractivity contribution in [3.05, 3.63) is 23.8 Å². The van der Waals surface area contributed by atoms with Gasteiger partial charge < -0.3 is 10.1 Å². The smallest absolute Gasteiger partial charge is 0.471 e. The number of nitrogens with one attached hydrogen (secondary N) is 1. The molecule has 1 aromatic carbocycles. The highest BCUT2D eigenvalue weighted by atomic mass is 19.4. The number of alkyl halides is 3. The van der Waals surface area contributed by atoms with Crippen molar-refractivity contribution in [3.63, 3.8) is 0 Å². The molecule has 0 spiro atoms. The van der Waals surface area contributed by atoms with Crippen molar-refractivity contribution in [1.82, 2.24) is 0 Å². The van der Waals surface area contributed by atoms with Crippen molar-refractivity contribution in [1.29, 1.82) is 5.26 Å². The summed E-state index contributed by atoms with van der Waals surface area (Å²) in [6.45, 7) is 2.03. The number of hydrogen-bond donors (Lipinski definition) is 1. The van der Waals surface area contributed by atoms with E-state index < -0.39 is 12.1 Å². The van der Waals surface area contributed by atoms with Gasteiger partial charge in [-0.05, 0) is 25.1 Å². The number of ether oxygens (including phenoxy) is 1. The van der Waals surface area contributed by atoms with Crippen LogP contribution in [0.15, 0.2) is 18.2 Å². The van der Waals surface area contributed by atoms with E-state index in [2.05, 4.69) is 0 Å². The second-order valence-electron chi connectivity index (χ2n) is 3.21. The zero-order valence-electron chi connectivity index (χ0n) is 9.34. The molecule has 0 radical (unpaired) electrons. The lowest BCUT2D eigenvalue weighted by Gasteiger charge is -2.10. The fraction of sp³-hybridized carbons (Fsp3) is 0.273. The molecule has 0 fully saturated rings. The molecule has 1 rings (SSSR count). The number of nitriles is 1. The second kappa shape index (κ2) is 5.40. The van der Waals surface area contributed by atoms with E-state index in [1.807, 2.05) is 0 Å². The molecule has 0 aliphatic heterocycles. The molecule has 0 atom stereocenters. The zero-order chi connectivity index (χ0) is 13.8. The van der Waals surface area contributed by atoms with Crippen LogP contribution in [0.4, 0.5) is 18.9 Å². The summed E-state index contributed by atoms with van der Waals surface area (Å²) in [7, 11) is 0. The predicted molar refractivity (Wildman–Crippen MR) is 57.0 cm³/mol. The van der Waals surface area contributed by atoms with E-state index in [4.69, 9.17) is 10.00 Å². The Bertz CT molecular complexity index is 492. The molecule has 0 saturated heterocycles. The number of benzene rings is 1. The fourth-order valence-electron chi connectivity index (χ4n) is 1.18. The van der Waals surface area contributed by atoms with Crippen LogP contribution in [0, 0.1) is 11.3 Å². The minimum absolute atomic E-state index is 0.0526. The summed E-state index contributed by atoms with van der Waals surface area (Å²) in [6, 6.07) is 5.45. The summed E-state index contributed by atoms with van der Waals surface area (Å²) in [4.78, 5) is 10.7. The summed E-state index contributed by atoms with van der Waals surface area (Å²) < 4.78 is 41.1. The number of hydrogen-bond acceptors (Lipinski definition) is 3. The Morgan fingerprint density at radius 1 is 1.50 bits per heavy atom. The van der Waals surface area contributed by atoms with E-state index in [-0.39, 0.29) is 17.0 Å². The van der Waals surface area contributed by atoms with Crippen LogP contribution in [-0.4, -0.2) is 18.7 Å². The lowest BCUT2D eigenvalue weighted by Crippen LogP contribution is -2.29. The maximum atomic E-state index is 12.0. The Labute approximate surface area is 101 Å². The first-order valence-corrected chi connectivity index (χ1v) is 4.93. The van der Waals surface area contributed by atoms with Gasteiger partial charge in [-0.2, -0.15) is 18.4 Å². The third-order valence-electron chi connectivity index (χ3n) is 1.92. The Kier molecular flexibility index (Phi) is 4.15. The van der Waals surface area contributed by atoms with Gasteiger partial charge in [-0.1, -0.05) is 0 Å². The normalized spacial score (nSPS) is 10.6. The first-order valence-electron chi connectivity index (χ1n) is 4.93. The van der Waals surface area contributed by atoms with Gasteiger partial charge in [0, 0.05) is 5.69 Å². The number of halogens is 3. The van der Waals surface area contributed by atoms with Crippen LogP contribution in [-0.2, 0) is 4.79 Å².